The topological polar surface area (TPSA) is 103 Å². The Morgan fingerprint density at radius 2 is 2.07 bits per heavy atom. The van der Waals surface area contributed by atoms with Crippen LogP contribution in [0.2, 0.25) is 0 Å². The Balaban J connectivity index is 2.51. The highest BCUT2D eigenvalue weighted by molar-refractivity contribution is 7.80. The maximum atomic E-state index is 12.9. The van der Waals surface area contributed by atoms with Gasteiger partial charge >= 0.3 is 5.97 Å². The van der Waals surface area contributed by atoms with Gasteiger partial charge in [0.15, 0.2) is 5.11 Å². The summed E-state index contributed by atoms with van der Waals surface area (Å²) < 4.78 is 15.5. The van der Waals surface area contributed by atoms with Crippen molar-refractivity contribution in [2.75, 3.05) is 34.0 Å². The molecule has 158 valence electrons. The molecule has 1 aliphatic heterocycles. The highest BCUT2D eigenvalue weighted by Crippen LogP contribution is 2.33. The lowest BCUT2D eigenvalue weighted by Gasteiger charge is -2.40. The summed E-state index contributed by atoms with van der Waals surface area (Å²) in [5.74, 6) is -0.541. The van der Waals surface area contributed by atoms with Crippen molar-refractivity contribution in [2.24, 2.45) is 0 Å². The molecule has 29 heavy (non-hydrogen) atoms. The van der Waals surface area contributed by atoms with Crippen molar-refractivity contribution < 1.29 is 23.9 Å². The molecule has 1 aliphatic rings. The van der Waals surface area contributed by atoms with Gasteiger partial charge in [-0.2, -0.15) is 0 Å². The number of allylic oxidation sites excluding steroid dienone is 1. The molecule has 1 aromatic carbocycles. The SMILES string of the molecule is COCCOC(=O)C1=C(C)N([C@H](C)COC)C(=S)N[C@@H]1c1cccc([N+](=O)[O-])c1. The van der Waals surface area contributed by atoms with Gasteiger partial charge in [0, 0.05) is 32.0 Å². The Bertz CT molecular complexity index is 813. The number of benzene rings is 1. The van der Waals surface area contributed by atoms with Crippen LogP contribution in [0, 0.1) is 10.1 Å². The van der Waals surface area contributed by atoms with Crippen LogP contribution in [0.4, 0.5) is 5.69 Å². The monoisotopic (exact) mass is 423 g/mol. The lowest BCUT2D eigenvalue weighted by atomic mass is 9.94. The minimum Gasteiger partial charge on any atom is -0.460 e. The number of rotatable bonds is 9. The summed E-state index contributed by atoms with van der Waals surface area (Å²) in [7, 11) is 3.10. The number of esters is 1. The van der Waals surface area contributed by atoms with Gasteiger partial charge in [-0.15, -0.1) is 0 Å². The van der Waals surface area contributed by atoms with Gasteiger partial charge in [0.2, 0.25) is 0 Å². The lowest BCUT2D eigenvalue weighted by molar-refractivity contribution is -0.384. The van der Waals surface area contributed by atoms with Crippen LogP contribution in [0.1, 0.15) is 25.5 Å². The van der Waals surface area contributed by atoms with E-state index in [9.17, 15) is 14.9 Å². The fourth-order valence-electron chi connectivity index (χ4n) is 3.23. The maximum absolute atomic E-state index is 12.9. The van der Waals surface area contributed by atoms with Crippen molar-refractivity contribution in [1.82, 2.24) is 10.2 Å². The normalized spacial score (nSPS) is 17.7. The van der Waals surface area contributed by atoms with E-state index >= 15 is 0 Å². The molecule has 0 unspecified atom stereocenters. The predicted molar refractivity (Wildman–Crippen MR) is 110 cm³/mol. The first kappa shape index (κ1) is 22.7. The number of nitrogens with zero attached hydrogens (tertiary/aromatic N) is 2. The highest BCUT2D eigenvalue weighted by Gasteiger charge is 2.37. The van der Waals surface area contributed by atoms with Gasteiger partial charge in [-0.1, -0.05) is 12.1 Å². The van der Waals surface area contributed by atoms with Crippen LogP contribution in [-0.2, 0) is 19.0 Å². The van der Waals surface area contributed by atoms with Gasteiger partial charge in [0.25, 0.3) is 5.69 Å². The average molecular weight is 423 g/mol. The first-order valence-electron chi connectivity index (χ1n) is 9.01. The van der Waals surface area contributed by atoms with E-state index in [1.165, 1.54) is 19.2 Å². The molecule has 0 saturated heterocycles. The van der Waals surface area contributed by atoms with Crippen LogP contribution in [0.15, 0.2) is 35.5 Å². The van der Waals surface area contributed by atoms with Gasteiger partial charge in [0.05, 0.1) is 35.8 Å². The second-order valence-corrected chi connectivity index (χ2v) is 6.92. The van der Waals surface area contributed by atoms with Crippen molar-refractivity contribution >= 4 is 29.0 Å². The number of nitro benzene ring substituents is 1. The second-order valence-electron chi connectivity index (χ2n) is 6.54. The quantitative estimate of drug-likeness (QED) is 0.211. The molecule has 2 rings (SSSR count). The van der Waals surface area contributed by atoms with Gasteiger partial charge in [0.1, 0.15) is 6.61 Å². The number of thiocarbonyl (C=S) groups is 1. The van der Waals surface area contributed by atoms with E-state index < -0.39 is 16.9 Å². The zero-order valence-corrected chi connectivity index (χ0v) is 17.7. The maximum Gasteiger partial charge on any atom is 0.338 e. The highest BCUT2D eigenvalue weighted by atomic mass is 32.1. The minimum atomic E-state index is -0.677. The van der Waals surface area contributed by atoms with E-state index in [4.69, 9.17) is 26.4 Å². The molecule has 0 aliphatic carbocycles. The van der Waals surface area contributed by atoms with Crippen LogP contribution in [0.3, 0.4) is 0 Å². The summed E-state index contributed by atoms with van der Waals surface area (Å²) in [6, 6.07) is 5.28. The second kappa shape index (κ2) is 10.3. The number of hydrogen-bond donors (Lipinski definition) is 1. The van der Waals surface area contributed by atoms with Crippen molar-refractivity contribution in [3.63, 3.8) is 0 Å². The Labute approximate surface area is 174 Å². The number of carbonyl (C=O) groups excluding carboxylic acids is 1. The van der Waals surface area contributed by atoms with Crippen molar-refractivity contribution in [2.45, 2.75) is 25.9 Å². The molecule has 1 aromatic rings. The molecule has 0 bridgehead atoms. The van der Waals surface area contributed by atoms with Gasteiger partial charge < -0.3 is 24.4 Å². The number of ether oxygens (including phenoxy) is 3. The average Bonchev–Trinajstić information content (AvgIpc) is 2.67. The molecule has 0 aromatic heterocycles. The number of nitrogens with one attached hydrogen (secondary N) is 1. The van der Waals surface area contributed by atoms with E-state index in [-0.39, 0.29) is 24.9 Å². The molecule has 1 N–H and O–H groups in total. The van der Waals surface area contributed by atoms with E-state index in [2.05, 4.69) is 5.32 Å². The summed E-state index contributed by atoms with van der Waals surface area (Å²) in [4.78, 5) is 25.4. The number of nitro groups is 1. The summed E-state index contributed by atoms with van der Waals surface area (Å²) in [5, 5.41) is 14.7. The van der Waals surface area contributed by atoms with E-state index in [0.717, 1.165) is 0 Å². The largest absolute Gasteiger partial charge is 0.460 e. The molecule has 10 heteroatoms. The molecule has 0 amide bonds. The number of non-ortho nitro benzene ring substituents is 1. The number of carbonyl (C=O) groups is 1. The van der Waals surface area contributed by atoms with E-state index in [0.29, 0.717) is 28.6 Å². The smallest absolute Gasteiger partial charge is 0.338 e. The standard InChI is InChI=1S/C19H25N3O6S/c1-12(11-27-4)21-13(2)16(18(23)28-9-8-26-3)17(20-19(21)29)14-6-5-7-15(10-14)22(24)25/h5-7,10,12,17H,8-9,11H2,1-4H3,(H,20,29)/t12-,17-/m1/s1. The predicted octanol–water partition coefficient (Wildman–Crippen LogP) is 2.32. The van der Waals surface area contributed by atoms with Crippen molar-refractivity contribution in [3.05, 3.63) is 51.2 Å². The van der Waals surface area contributed by atoms with Gasteiger partial charge in [-0.3, -0.25) is 10.1 Å². The molecular formula is C19H25N3O6S. The van der Waals surface area contributed by atoms with E-state index in [1.807, 2.05) is 6.92 Å². The third-order valence-corrected chi connectivity index (χ3v) is 4.84. The third-order valence-electron chi connectivity index (χ3n) is 4.53. The molecule has 9 nitrogen and oxygen atoms in total. The lowest BCUT2D eigenvalue weighted by Crippen LogP contribution is -2.52. The molecule has 0 spiro atoms. The summed E-state index contributed by atoms with van der Waals surface area (Å²) in [5.41, 5.74) is 1.41. The molecular weight excluding hydrogens is 398 g/mol. The summed E-state index contributed by atoms with van der Waals surface area (Å²) in [6.45, 7) is 4.44. The summed E-state index contributed by atoms with van der Waals surface area (Å²) >= 11 is 5.52. The van der Waals surface area contributed by atoms with Crippen LogP contribution >= 0.6 is 12.2 Å². The first-order valence-corrected chi connectivity index (χ1v) is 9.42. The van der Waals surface area contributed by atoms with Crippen molar-refractivity contribution in [3.8, 4) is 0 Å². The zero-order chi connectivity index (χ0) is 21.6. The Hall–Kier alpha value is -2.56. The molecule has 1 heterocycles. The van der Waals surface area contributed by atoms with E-state index in [1.54, 1.807) is 31.1 Å². The molecule has 0 saturated carbocycles. The molecule has 0 fully saturated rings. The van der Waals surface area contributed by atoms with Crippen LogP contribution in [-0.4, -0.2) is 61.0 Å². The van der Waals surface area contributed by atoms with Crippen LogP contribution < -0.4 is 5.32 Å². The van der Waals surface area contributed by atoms with Gasteiger partial charge in [-0.05, 0) is 31.6 Å². The fourth-order valence-corrected chi connectivity index (χ4v) is 3.67. The summed E-state index contributed by atoms with van der Waals surface area (Å²) in [6.07, 6.45) is 0. The zero-order valence-electron chi connectivity index (χ0n) is 16.8. The molecule has 0 radical (unpaired) electrons. The molecule has 2 atom stereocenters. The van der Waals surface area contributed by atoms with Crippen LogP contribution in [0.5, 0.6) is 0 Å². The van der Waals surface area contributed by atoms with Gasteiger partial charge in [-0.25, -0.2) is 4.79 Å². The fraction of sp³-hybridized carbons (Fsp3) is 0.474. The Morgan fingerprint density at radius 1 is 1.34 bits per heavy atom. The Morgan fingerprint density at radius 3 is 2.69 bits per heavy atom. The van der Waals surface area contributed by atoms with Crippen LogP contribution in [0.25, 0.3) is 0 Å². The first-order chi connectivity index (χ1) is 13.8. The Kier molecular flexibility index (Phi) is 8.06. The number of methoxy groups -OCH3 is 2. The number of hydrogen-bond acceptors (Lipinski definition) is 7. The minimum absolute atomic E-state index is 0.0739. The van der Waals surface area contributed by atoms with Crippen molar-refractivity contribution in [1.29, 1.82) is 0 Å². The third kappa shape index (κ3) is 5.28.